The number of hydrogen-bond donors (Lipinski definition) is 2. The van der Waals surface area contributed by atoms with Gasteiger partial charge in [0, 0.05) is 30.5 Å². The van der Waals surface area contributed by atoms with Gasteiger partial charge in [0.05, 0.1) is 12.1 Å². The third-order valence-corrected chi connectivity index (χ3v) is 5.95. The maximum atomic E-state index is 5.91. The second kappa shape index (κ2) is 7.36. The summed E-state index contributed by atoms with van der Waals surface area (Å²) in [6, 6.07) is 9.51. The maximum Gasteiger partial charge on any atom is 0.191 e. The molecule has 2 N–H and O–H groups in total. The van der Waals surface area contributed by atoms with E-state index in [9.17, 15) is 0 Å². The predicted molar refractivity (Wildman–Crippen MR) is 104 cm³/mol. The molecule has 4 heteroatoms. The molecule has 1 saturated carbocycles. The molecule has 0 amide bonds. The van der Waals surface area contributed by atoms with E-state index in [4.69, 9.17) is 4.74 Å². The summed E-state index contributed by atoms with van der Waals surface area (Å²) in [5, 5.41) is 7.28. The Hall–Kier alpha value is -1.55. The Bertz CT molecular complexity index is 608. The Labute approximate surface area is 152 Å². The lowest BCUT2D eigenvalue weighted by atomic mass is 9.57. The van der Waals surface area contributed by atoms with Crippen molar-refractivity contribution >= 4 is 5.96 Å². The summed E-state index contributed by atoms with van der Waals surface area (Å²) in [4.78, 5) is 4.68. The lowest BCUT2D eigenvalue weighted by Gasteiger charge is -2.55. The van der Waals surface area contributed by atoms with E-state index in [-0.39, 0.29) is 11.5 Å². The van der Waals surface area contributed by atoms with Gasteiger partial charge in [-0.3, -0.25) is 4.99 Å². The average molecular weight is 344 g/mol. The number of guanidine groups is 1. The van der Waals surface area contributed by atoms with Crippen LogP contribution in [0.4, 0.5) is 0 Å². The van der Waals surface area contributed by atoms with Crippen molar-refractivity contribution in [1.82, 2.24) is 10.6 Å². The highest BCUT2D eigenvalue weighted by atomic mass is 16.5. The third kappa shape index (κ3) is 3.55. The molecular formula is C21H33N3O. The Kier molecular flexibility index (Phi) is 5.38. The number of rotatable bonds is 5. The van der Waals surface area contributed by atoms with Crippen LogP contribution in [0.15, 0.2) is 29.3 Å². The van der Waals surface area contributed by atoms with Gasteiger partial charge in [0.1, 0.15) is 0 Å². The van der Waals surface area contributed by atoms with Crippen LogP contribution in [-0.2, 0) is 11.2 Å². The van der Waals surface area contributed by atoms with Crippen LogP contribution in [0.2, 0.25) is 0 Å². The summed E-state index contributed by atoms with van der Waals surface area (Å²) in [6.45, 7) is 12.7. The molecule has 1 aliphatic heterocycles. The summed E-state index contributed by atoms with van der Waals surface area (Å²) in [5.74, 6) is 1.52. The fourth-order valence-corrected chi connectivity index (χ4v) is 4.39. The van der Waals surface area contributed by atoms with Crippen LogP contribution in [0.5, 0.6) is 0 Å². The standard InChI is InChI=1S/C21H33N3O/c1-6-15-8-10-16(11-9-15)14(3)23-20(22-7-2)24-18-17-12-13-25-19(17)21(18,4)5/h8-11,14,17-19H,6-7,12-13H2,1-5H3,(H2,22,23,24). The Morgan fingerprint density at radius 2 is 2.00 bits per heavy atom. The van der Waals surface area contributed by atoms with E-state index in [1.807, 2.05) is 0 Å². The largest absolute Gasteiger partial charge is 0.377 e. The van der Waals surface area contributed by atoms with Gasteiger partial charge in [0.25, 0.3) is 0 Å². The number of aryl methyl sites for hydroxylation is 1. The molecular weight excluding hydrogens is 310 g/mol. The second-order valence-electron chi connectivity index (χ2n) is 7.97. The molecule has 4 nitrogen and oxygen atoms in total. The SMILES string of the molecule is CCN=C(NC(C)c1ccc(CC)cc1)NC1C2CCOC2C1(C)C. The topological polar surface area (TPSA) is 45.7 Å². The van der Waals surface area contributed by atoms with E-state index in [2.05, 4.69) is 74.5 Å². The number of nitrogens with one attached hydrogen (secondary N) is 2. The molecule has 138 valence electrons. The number of nitrogens with zero attached hydrogens (tertiary/aromatic N) is 1. The van der Waals surface area contributed by atoms with Crippen molar-refractivity contribution < 1.29 is 4.74 Å². The van der Waals surface area contributed by atoms with Crippen molar-refractivity contribution in [2.45, 2.75) is 65.6 Å². The molecule has 2 aliphatic rings. The molecule has 4 atom stereocenters. The number of fused-ring (bicyclic) bond motifs is 1. The Morgan fingerprint density at radius 3 is 2.64 bits per heavy atom. The van der Waals surface area contributed by atoms with Gasteiger partial charge >= 0.3 is 0 Å². The van der Waals surface area contributed by atoms with Crippen LogP contribution in [-0.4, -0.2) is 31.3 Å². The number of benzene rings is 1. The lowest BCUT2D eigenvalue weighted by molar-refractivity contribution is -0.106. The van der Waals surface area contributed by atoms with E-state index >= 15 is 0 Å². The molecule has 1 aromatic rings. The van der Waals surface area contributed by atoms with Gasteiger partial charge in [-0.2, -0.15) is 0 Å². The Morgan fingerprint density at radius 1 is 1.28 bits per heavy atom. The molecule has 4 unspecified atom stereocenters. The van der Waals surface area contributed by atoms with Crippen molar-refractivity contribution in [3.05, 3.63) is 35.4 Å². The van der Waals surface area contributed by atoms with E-state index in [1.165, 1.54) is 11.1 Å². The van der Waals surface area contributed by atoms with Gasteiger partial charge in [-0.25, -0.2) is 0 Å². The second-order valence-corrected chi connectivity index (χ2v) is 7.97. The fourth-order valence-electron chi connectivity index (χ4n) is 4.39. The zero-order valence-corrected chi connectivity index (χ0v) is 16.3. The van der Waals surface area contributed by atoms with E-state index < -0.39 is 0 Å². The van der Waals surface area contributed by atoms with Gasteiger partial charge in [0.2, 0.25) is 0 Å². The quantitative estimate of drug-likeness (QED) is 0.633. The normalized spacial score (nSPS) is 28.8. The number of hydrogen-bond acceptors (Lipinski definition) is 2. The Balaban J connectivity index is 1.66. The first-order chi connectivity index (χ1) is 12.0. The molecule has 3 rings (SSSR count). The van der Waals surface area contributed by atoms with Crippen LogP contribution in [0, 0.1) is 11.3 Å². The molecule has 0 spiro atoms. The third-order valence-electron chi connectivity index (χ3n) is 5.95. The van der Waals surface area contributed by atoms with Crippen LogP contribution >= 0.6 is 0 Å². The first-order valence-electron chi connectivity index (χ1n) is 9.75. The molecule has 0 bridgehead atoms. The minimum atomic E-state index is 0.156. The molecule has 0 radical (unpaired) electrons. The fraction of sp³-hybridized carbons (Fsp3) is 0.667. The summed E-state index contributed by atoms with van der Waals surface area (Å²) in [6.07, 6.45) is 2.62. The highest BCUT2D eigenvalue weighted by Gasteiger charge is 2.59. The maximum absolute atomic E-state index is 5.91. The van der Waals surface area contributed by atoms with Crippen LogP contribution in [0.1, 0.15) is 58.2 Å². The van der Waals surface area contributed by atoms with Crippen LogP contribution in [0.25, 0.3) is 0 Å². The predicted octanol–water partition coefficient (Wildman–Crippen LogP) is 3.68. The minimum absolute atomic E-state index is 0.156. The van der Waals surface area contributed by atoms with E-state index in [0.29, 0.717) is 18.1 Å². The smallest absolute Gasteiger partial charge is 0.191 e. The van der Waals surface area contributed by atoms with Crippen molar-refractivity contribution in [3.63, 3.8) is 0 Å². The van der Waals surface area contributed by atoms with E-state index in [0.717, 1.165) is 32.0 Å². The van der Waals surface area contributed by atoms with E-state index in [1.54, 1.807) is 0 Å². The van der Waals surface area contributed by atoms with Crippen LogP contribution < -0.4 is 10.6 Å². The molecule has 1 aromatic carbocycles. The van der Waals surface area contributed by atoms with Crippen molar-refractivity contribution in [3.8, 4) is 0 Å². The highest BCUT2D eigenvalue weighted by Crippen LogP contribution is 2.52. The lowest BCUT2D eigenvalue weighted by Crippen LogP contribution is -2.68. The molecule has 1 saturated heterocycles. The minimum Gasteiger partial charge on any atom is -0.377 e. The summed E-state index contributed by atoms with van der Waals surface area (Å²) in [5.41, 5.74) is 2.82. The molecule has 25 heavy (non-hydrogen) atoms. The molecule has 0 aromatic heterocycles. The average Bonchev–Trinajstić information content (AvgIpc) is 3.07. The summed E-state index contributed by atoms with van der Waals surface area (Å²) >= 11 is 0. The number of aliphatic imine (C=N–C) groups is 1. The highest BCUT2D eigenvalue weighted by molar-refractivity contribution is 5.81. The first-order valence-corrected chi connectivity index (χ1v) is 9.75. The number of ether oxygens (including phenoxy) is 1. The summed E-state index contributed by atoms with van der Waals surface area (Å²) in [7, 11) is 0. The van der Waals surface area contributed by atoms with Crippen molar-refractivity contribution in [2.24, 2.45) is 16.3 Å². The van der Waals surface area contributed by atoms with Gasteiger partial charge < -0.3 is 15.4 Å². The molecule has 2 fully saturated rings. The van der Waals surface area contributed by atoms with Gasteiger partial charge in [-0.15, -0.1) is 0 Å². The zero-order valence-electron chi connectivity index (χ0n) is 16.3. The van der Waals surface area contributed by atoms with Gasteiger partial charge in [-0.1, -0.05) is 45.0 Å². The molecule has 1 aliphatic carbocycles. The summed E-state index contributed by atoms with van der Waals surface area (Å²) < 4.78 is 5.91. The van der Waals surface area contributed by atoms with Gasteiger partial charge in [0.15, 0.2) is 5.96 Å². The van der Waals surface area contributed by atoms with Gasteiger partial charge in [-0.05, 0) is 37.8 Å². The van der Waals surface area contributed by atoms with Crippen molar-refractivity contribution in [2.75, 3.05) is 13.2 Å². The van der Waals surface area contributed by atoms with Crippen LogP contribution in [0.3, 0.4) is 0 Å². The molecule has 1 heterocycles. The first kappa shape index (κ1) is 18.2. The van der Waals surface area contributed by atoms with Crippen molar-refractivity contribution in [1.29, 1.82) is 0 Å². The monoisotopic (exact) mass is 343 g/mol. The zero-order chi connectivity index (χ0) is 18.0.